The number of piperazine rings is 1. The highest BCUT2D eigenvalue weighted by atomic mass is 79.9. The van der Waals surface area contributed by atoms with Gasteiger partial charge < -0.3 is 4.90 Å². The molecule has 4 rings (SSSR count). The van der Waals surface area contributed by atoms with Crippen molar-refractivity contribution in [1.82, 2.24) is 13.8 Å². The van der Waals surface area contributed by atoms with Crippen LogP contribution in [0.5, 0.6) is 0 Å². The quantitative estimate of drug-likeness (QED) is 0.539. The van der Waals surface area contributed by atoms with Gasteiger partial charge in [-0.1, -0.05) is 27.5 Å². The Kier molecular flexibility index (Phi) is 5.79. The Morgan fingerprint density at radius 2 is 1.69 bits per heavy atom. The maximum atomic E-state index is 13.5. The fourth-order valence-electron chi connectivity index (χ4n) is 3.88. The number of likely N-dealkylation sites (N-methyl/N-ethyl adjacent to an activating group) is 1. The van der Waals surface area contributed by atoms with E-state index in [1.807, 2.05) is 13.0 Å². The number of fused-ring (bicyclic) bond motifs is 1. The van der Waals surface area contributed by atoms with Crippen LogP contribution in [0.15, 0.2) is 51.8 Å². The van der Waals surface area contributed by atoms with Gasteiger partial charge in [-0.2, -0.15) is 0 Å². The highest BCUT2D eigenvalue weighted by molar-refractivity contribution is 9.10. The predicted molar refractivity (Wildman–Crippen MR) is 121 cm³/mol. The van der Waals surface area contributed by atoms with E-state index in [2.05, 4.69) is 32.8 Å². The zero-order valence-electron chi connectivity index (χ0n) is 16.4. The van der Waals surface area contributed by atoms with Crippen LogP contribution in [-0.4, -0.2) is 55.4 Å². The lowest BCUT2D eigenvalue weighted by Gasteiger charge is -2.32. The molecule has 154 valence electrons. The number of benzene rings is 2. The summed E-state index contributed by atoms with van der Waals surface area (Å²) in [5.41, 5.74) is 2.43. The molecule has 1 aliphatic rings. The molecule has 5 nitrogen and oxygen atoms in total. The van der Waals surface area contributed by atoms with Crippen molar-refractivity contribution in [2.45, 2.75) is 18.4 Å². The lowest BCUT2D eigenvalue weighted by Crippen LogP contribution is -2.43. The minimum atomic E-state index is -3.73. The Labute approximate surface area is 185 Å². The highest BCUT2D eigenvalue weighted by Gasteiger charge is 2.26. The molecule has 1 fully saturated rings. The number of nitrogens with zero attached hydrogens (tertiary/aromatic N) is 3. The van der Waals surface area contributed by atoms with Crippen molar-refractivity contribution in [2.75, 3.05) is 33.2 Å². The van der Waals surface area contributed by atoms with E-state index < -0.39 is 10.0 Å². The summed E-state index contributed by atoms with van der Waals surface area (Å²) in [6.07, 6.45) is 0. The molecule has 1 aromatic heterocycles. The van der Waals surface area contributed by atoms with Gasteiger partial charge >= 0.3 is 0 Å². The van der Waals surface area contributed by atoms with E-state index in [9.17, 15) is 8.42 Å². The molecule has 0 unspecified atom stereocenters. The third-order valence-corrected chi connectivity index (χ3v) is 8.16. The van der Waals surface area contributed by atoms with Gasteiger partial charge in [0.2, 0.25) is 0 Å². The SMILES string of the molecule is Cc1c(CN2CCN(C)CC2)c2cc(Cl)ccc2n1S(=O)(=O)c1ccc(Br)cc1. The normalized spacial score (nSPS) is 16.6. The number of aromatic nitrogens is 1. The zero-order chi connectivity index (χ0) is 20.8. The lowest BCUT2D eigenvalue weighted by molar-refractivity contribution is 0.148. The summed E-state index contributed by atoms with van der Waals surface area (Å²) in [6, 6.07) is 12.2. The first-order chi connectivity index (χ1) is 13.8. The Morgan fingerprint density at radius 1 is 1.03 bits per heavy atom. The van der Waals surface area contributed by atoms with Gasteiger partial charge in [-0.15, -0.1) is 0 Å². The summed E-state index contributed by atoms with van der Waals surface area (Å²) in [5, 5.41) is 1.50. The third kappa shape index (κ3) is 3.99. The van der Waals surface area contributed by atoms with Crippen LogP contribution in [0.3, 0.4) is 0 Å². The molecule has 2 heterocycles. The van der Waals surface area contributed by atoms with Crippen molar-refractivity contribution < 1.29 is 8.42 Å². The second kappa shape index (κ2) is 8.04. The van der Waals surface area contributed by atoms with Crippen molar-refractivity contribution in [3.63, 3.8) is 0 Å². The molecule has 0 N–H and O–H groups in total. The molecule has 0 amide bonds. The maximum absolute atomic E-state index is 13.5. The first-order valence-corrected chi connectivity index (χ1v) is 12.1. The maximum Gasteiger partial charge on any atom is 0.268 e. The minimum Gasteiger partial charge on any atom is -0.304 e. The van der Waals surface area contributed by atoms with Gasteiger partial charge in [0.25, 0.3) is 10.0 Å². The molecule has 8 heteroatoms. The summed E-state index contributed by atoms with van der Waals surface area (Å²) < 4.78 is 29.3. The fourth-order valence-corrected chi connectivity index (χ4v) is 5.89. The van der Waals surface area contributed by atoms with Crippen molar-refractivity contribution in [2.24, 2.45) is 0 Å². The summed E-state index contributed by atoms with van der Waals surface area (Å²) in [4.78, 5) is 4.95. The Hall–Kier alpha value is -1.38. The van der Waals surface area contributed by atoms with Crippen LogP contribution in [0, 0.1) is 6.92 Å². The molecule has 1 saturated heterocycles. The molecule has 0 aliphatic carbocycles. The molecule has 0 radical (unpaired) electrons. The molecular formula is C21H23BrClN3O2S. The molecular weight excluding hydrogens is 474 g/mol. The van der Waals surface area contributed by atoms with Gasteiger partial charge in [0.05, 0.1) is 10.4 Å². The third-order valence-electron chi connectivity index (χ3n) is 5.57. The first kappa shape index (κ1) is 20.9. The number of halogens is 2. The van der Waals surface area contributed by atoms with Crippen molar-refractivity contribution in [3.8, 4) is 0 Å². The summed E-state index contributed by atoms with van der Waals surface area (Å²) in [6.45, 7) is 6.53. The van der Waals surface area contributed by atoms with Gasteiger partial charge in [-0.3, -0.25) is 4.90 Å². The number of rotatable bonds is 4. The molecule has 0 saturated carbocycles. The number of hydrogen-bond donors (Lipinski definition) is 0. The van der Waals surface area contributed by atoms with E-state index in [1.54, 1.807) is 36.4 Å². The molecule has 1 aliphatic heterocycles. The predicted octanol–water partition coefficient (Wildman–Crippen LogP) is 4.35. The largest absolute Gasteiger partial charge is 0.304 e. The van der Waals surface area contributed by atoms with Crippen molar-refractivity contribution in [1.29, 1.82) is 0 Å². The van der Waals surface area contributed by atoms with Crippen LogP contribution in [-0.2, 0) is 16.6 Å². The van der Waals surface area contributed by atoms with Crippen LogP contribution in [0.2, 0.25) is 5.02 Å². The van der Waals surface area contributed by atoms with E-state index in [4.69, 9.17) is 11.6 Å². The van der Waals surface area contributed by atoms with Crippen LogP contribution >= 0.6 is 27.5 Å². The van der Waals surface area contributed by atoms with E-state index in [0.29, 0.717) is 17.1 Å². The first-order valence-electron chi connectivity index (χ1n) is 9.49. The molecule has 0 bridgehead atoms. The number of hydrogen-bond acceptors (Lipinski definition) is 4. The molecule has 0 spiro atoms. The average molecular weight is 497 g/mol. The highest BCUT2D eigenvalue weighted by Crippen LogP contribution is 2.33. The summed E-state index contributed by atoms with van der Waals surface area (Å²) in [7, 11) is -1.60. The van der Waals surface area contributed by atoms with Crippen LogP contribution in [0.4, 0.5) is 0 Å². The van der Waals surface area contributed by atoms with Crippen LogP contribution in [0.1, 0.15) is 11.3 Å². The van der Waals surface area contributed by atoms with Gasteiger partial charge in [-0.05, 0) is 62.0 Å². The van der Waals surface area contributed by atoms with Gasteiger partial charge in [-0.25, -0.2) is 12.4 Å². The molecule has 0 atom stereocenters. The molecule has 2 aromatic carbocycles. The van der Waals surface area contributed by atoms with E-state index >= 15 is 0 Å². The van der Waals surface area contributed by atoms with E-state index in [1.165, 1.54) is 3.97 Å². The van der Waals surface area contributed by atoms with Crippen LogP contribution < -0.4 is 0 Å². The Balaban J connectivity index is 1.84. The van der Waals surface area contributed by atoms with E-state index in [0.717, 1.165) is 47.3 Å². The average Bonchev–Trinajstić information content (AvgIpc) is 2.95. The van der Waals surface area contributed by atoms with Crippen LogP contribution in [0.25, 0.3) is 10.9 Å². The van der Waals surface area contributed by atoms with Gasteiger partial charge in [0.1, 0.15) is 0 Å². The van der Waals surface area contributed by atoms with Gasteiger partial charge in [0, 0.05) is 53.3 Å². The second-order valence-electron chi connectivity index (χ2n) is 7.53. The summed E-state index contributed by atoms with van der Waals surface area (Å²) in [5.74, 6) is 0. The lowest BCUT2D eigenvalue weighted by atomic mass is 10.1. The Bertz CT molecular complexity index is 1150. The second-order valence-corrected chi connectivity index (χ2v) is 10.7. The zero-order valence-corrected chi connectivity index (χ0v) is 19.6. The molecule has 3 aromatic rings. The molecule has 29 heavy (non-hydrogen) atoms. The monoisotopic (exact) mass is 495 g/mol. The van der Waals surface area contributed by atoms with E-state index in [-0.39, 0.29) is 4.90 Å². The standard InChI is InChI=1S/C21H23BrClN3O2S/c1-15-20(14-25-11-9-24(2)10-12-25)19-13-17(23)5-8-21(19)26(15)29(27,28)18-6-3-16(22)4-7-18/h3-8,13H,9-12,14H2,1-2H3. The van der Waals surface area contributed by atoms with Crippen molar-refractivity contribution in [3.05, 3.63) is 63.2 Å². The van der Waals surface area contributed by atoms with Crippen molar-refractivity contribution >= 4 is 48.5 Å². The topological polar surface area (TPSA) is 45.5 Å². The minimum absolute atomic E-state index is 0.266. The summed E-state index contributed by atoms with van der Waals surface area (Å²) >= 11 is 9.65. The Morgan fingerprint density at radius 3 is 2.34 bits per heavy atom. The van der Waals surface area contributed by atoms with Gasteiger partial charge in [0.15, 0.2) is 0 Å². The fraction of sp³-hybridized carbons (Fsp3) is 0.333. The smallest absolute Gasteiger partial charge is 0.268 e.